The van der Waals surface area contributed by atoms with E-state index in [2.05, 4.69) is 40.4 Å². The number of guanidine groups is 1. The number of nitrogens with one attached hydrogen (secondary N) is 2. The Labute approximate surface area is 164 Å². The van der Waals surface area contributed by atoms with E-state index in [0.29, 0.717) is 0 Å². The van der Waals surface area contributed by atoms with Crippen molar-refractivity contribution in [2.75, 3.05) is 40.3 Å². The Morgan fingerprint density at radius 3 is 2.54 bits per heavy atom. The van der Waals surface area contributed by atoms with E-state index in [1.807, 2.05) is 18.2 Å². The van der Waals surface area contributed by atoms with Gasteiger partial charge in [0.2, 0.25) is 0 Å². The van der Waals surface area contributed by atoms with E-state index in [9.17, 15) is 0 Å². The Morgan fingerprint density at radius 1 is 1.17 bits per heavy atom. The van der Waals surface area contributed by atoms with Crippen LogP contribution in [0, 0.1) is 0 Å². The zero-order chi connectivity index (χ0) is 16.9. The molecule has 0 heterocycles. The summed E-state index contributed by atoms with van der Waals surface area (Å²) >= 11 is 0. The molecule has 24 heavy (non-hydrogen) atoms. The Balaban J connectivity index is 0.00000529. The standard InChI is InChI=1S/C18H32N4O.HI/c1-5-22(6-2)13-8-7-12-20-18(19-3)21-15-16-10-9-11-17(14-16)23-4;/h9-11,14H,5-8,12-13,15H2,1-4H3,(H2,19,20,21);1H. The van der Waals surface area contributed by atoms with Gasteiger partial charge in [-0.05, 0) is 50.2 Å². The van der Waals surface area contributed by atoms with Crippen molar-refractivity contribution in [3.8, 4) is 5.75 Å². The topological polar surface area (TPSA) is 48.9 Å². The monoisotopic (exact) mass is 448 g/mol. The van der Waals surface area contributed by atoms with Gasteiger partial charge < -0.3 is 20.3 Å². The molecule has 0 amide bonds. The fraction of sp³-hybridized carbons (Fsp3) is 0.611. The van der Waals surface area contributed by atoms with Crippen molar-refractivity contribution in [2.24, 2.45) is 4.99 Å². The van der Waals surface area contributed by atoms with Crippen LogP contribution in [0.3, 0.4) is 0 Å². The molecule has 0 bridgehead atoms. The first-order valence-electron chi connectivity index (χ1n) is 8.53. The van der Waals surface area contributed by atoms with Gasteiger partial charge in [-0.2, -0.15) is 0 Å². The minimum absolute atomic E-state index is 0. The van der Waals surface area contributed by atoms with Crippen LogP contribution < -0.4 is 15.4 Å². The molecule has 0 aromatic heterocycles. The van der Waals surface area contributed by atoms with Crippen LogP contribution in [0.15, 0.2) is 29.3 Å². The summed E-state index contributed by atoms with van der Waals surface area (Å²) in [7, 11) is 3.49. The minimum Gasteiger partial charge on any atom is -0.497 e. The van der Waals surface area contributed by atoms with Gasteiger partial charge in [-0.3, -0.25) is 4.99 Å². The third kappa shape index (κ3) is 9.32. The maximum Gasteiger partial charge on any atom is 0.191 e. The quantitative estimate of drug-likeness (QED) is 0.250. The summed E-state index contributed by atoms with van der Waals surface area (Å²) in [4.78, 5) is 6.72. The van der Waals surface area contributed by atoms with E-state index in [0.717, 1.165) is 44.3 Å². The number of aliphatic imine (C=N–C) groups is 1. The van der Waals surface area contributed by atoms with E-state index in [1.54, 1.807) is 14.2 Å². The molecule has 0 aliphatic heterocycles. The summed E-state index contributed by atoms with van der Waals surface area (Å²) in [6.45, 7) is 9.54. The number of nitrogens with zero attached hydrogens (tertiary/aromatic N) is 2. The van der Waals surface area contributed by atoms with E-state index in [-0.39, 0.29) is 24.0 Å². The van der Waals surface area contributed by atoms with Gasteiger partial charge in [0.1, 0.15) is 5.75 Å². The second-order valence-corrected chi connectivity index (χ2v) is 5.44. The van der Waals surface area contributed by atoms with Crippen molar-refractivity contribution in [3.63, 3.8) is 0 Å². The van der Waals surface area contributed by atoms with Gasteiger partial charge in [-0.1, -0.05) is 26.0 Å². The van der Waals surface area contributed by atoms with Crippen LogP contribution in [0.2, 0.25) is 0 Å². The third-order valence-corrected chi connectivity index (χ3v) is 3.91. The van der Waals surface area contributed by atoms with Crippen molar-refractivity contribution in [1.82, 2.24) is 15.5 Å². The highest BCUT2D eigenvalue weighted by Gasteiger charge is 2.01. The molecule has 0 aliphatic carbocycles. The maximum atomic E-state index is 5.24. The largest absolute Gasteiger partial charge is 0.497 e. The first kappa shape index (κ1) is 23.0. The Kier molecular flexibility index (Phi) is 13.7. The van der Waals surface area contributed by atoms with E-state index in [4.69, 9.17) is 4.74 Å². The second kappa shape index (κ2) is 14.3. The maximum absolute atomic E-state index is 5.24. The fourth-order valence-corrected chi connectivity index (χ4v) is 2.40. The number of ether oxygens (including phenoxy) is 1. The molecule has 0 fully saturated rings. The highest BCUT2D eigenvalue weighted by atomic mass is 127. The lowest BCUT2D eigenvalue weighted by Gasteiger charge is -2.18. The molecule has 0 spiro atoms. The molecule has 1 aromatic rings. The van der Waals surface area contributed by atoms with Crippen LogP contribution in [-0.4, -0.2) is 51.2 Å². The lowest BCUT2D eigenvalue weighted by molar-refractivity contribution is 0.297. The second-order valence-electron chi connectivity index (χ2n) is 5.44. The van der Waals surface area contributed by atoms with Crippen LogP contribution in [-0.2, 0) is 6.54 Å². The molecule has 0 radical (unpaired) electrons. The average molecular weight is 448 g/mol. The number of unbranched alkanes of at least 4 members (excludes halogenated alkanes) is 1. The number of halogens is 1. The van der Waals surface area contributed by atoms with E-state index in [1.165, 1.54) is 18.5 Å². The molecule has 0 unspecified atom stereocenters. The van der Waals surface area contributed by atoms with Gasteiger partial charge in [0.25, 0.3) is 0 Å². The number of rotatable bonds is 10. The number of benzene rings is 1. The van der Waals surface area contributed by atoms with Crippen LogP contribution in [0.4, 0.5) is 0 Å². The van der Waals surface area contributed by atoms with E-state index < -0.39 is 0 Å². The lowest BCUT2D eigenvalue weighted by Crippen LogP contribution is -2.37. The number of methoxy groups -OCH3 is 1. The molecule has 138 valence electrons. The molecule has 2 N–H and O–H groups in total. The minimum atomic E-state index is 0. The number of hydrogen-bond donors (Lipinski definition) is 2. The summed E-state index contributed by atoms with van der Waals surface area (Å²) in [5.74, 6) is 1.72. The summed E-state index contributed by atoms with van der Waals surface area (Å²) in [6.07, 6.45) is 2.36. The zero-order valence-electron chi connectivity index (χ0n) is 15.5. The lowest BCUT2D eigenvalue weighted by atomic mass is 10.2. The smallest absolute Gasteiger partial charge is 0.191 e. The molecule has 6 heteroatoms. The van der Waals surface area contributed by atoms with Gasteiger partial charge in [-0.25, -0.2) is 0 Å². The fourth-order valence-electron chi connectivity index (χ4n) is 2.40. The molecule has 0 saturated carbocycles. The van der Waals surface area contributed by atoms with Gasteiger partial charge in [0, 0.05) is 20.1 Å². The summed E-state index contributed by atoms with van der Waals surface area (Å²) in [5, 5.41) is 6.70. The van der Waals surface area contributed by atoms with Gasteiger partial charge in [0.05, 0.1) is 7.11 Å². The van der Waals surface area contributed by atoms with Gasteiger partial charge in [0.15, 0.2) is 5.96 Å². The Bertz CT molecular complexity index is 464. The SMILES string of the molecule is CCN(CC)CCCCNC(=NC)NCc1cccc(OC)c1.I. The number of hydrogen-bond acceptors (Lipinski definition) is 3. The molecular weight excluding hydrogens is 415 g/mol. The van der Waals surface area contributed by atoms with Crippen molar-refractivity contribution >= 4 is 29.9 Å². The summed E-state index contributed by atoms with van der Waals surface area (Å²) < 4.78 is 5.24. The van der Waals surface area contributed by atoms with Gasteiger partial charge in [-0.15, -0.1) is 24.0 Å². The predicted molar refractivity (Wildman–Crippen MR) is 114 cm³/mol. The van der Waals surface area contributed by atoms with Crippen LogP contribution in [0.1, 0.15) is 32.3 Å². The summed E-state index contributed by atoms with van der Waals surface area (Å²) in [6, 6.07) is 8.06. The van der Waals surface area contributed by atoms with Crippen molar-refractivity contribution in [1.29, 1.82) is 0 Å². The molecule has 0 atom stereocenters. The predicted octanol–water partition coefficient (Wildman–Crippen LogP) is 3.10. The first-order chi connectivity index (χ1) is 11.2. The van der Waals surface area contributed by atoms with E-state index >= 15 is 0 Å². The molecular formula is C18H33IN4O. The molecule has 0 saturated heterocycles. The van der Waals surface area contributed by atoms with Crippen LogP contribution in [0.25, 0.3) is 0 Å². The molecule has 1 aromatic carbocycles. The summed E-state index contributed by atoms with van der Waals surface area (Å²) in [5.41, 5.74) is 1.17. The molecule has 0 aliphatic rings. The van der Waals surface area contributed by atoms with Crippen molar-refractivity contribution in [2.45, 2.75) is 33.2 Å². The Morgan fingerprint density at radius 2 is 1.92 bits per heavy atom. The average Bonchev–Trinajstić information content (AvgIpc) is 2.60. The zero-order valence-corrected chi connectivity index (χ0v) is 17.8. The van der Waals surface area contributed by atoms with Crippen LogP contribution >= 0.6 is 24.0 Å². The van der Waals surface area contributed by atoms with Crippen LogP contribution in [0.5, 0.6) is 5.75 Å². The molecule has 1 rings (SSSR count). The Hall–Kier alpha value is -1.02. The molecule has 5 nitrogen and oxygen atoms in total. The van der Waals surface area contributed by atoms with Crippen molar-refractivity contribution < 1.29 is 4.74 Å². The van der Waals surface area contributed by atoms with Crippen molar-refractivity contribution in [3.05, 3.63) is 29.8 Å². The highest BCUT2D eigenvalue weighted by molar-refractivity contribution is 14.0. The first-order valence-corrected chi connectivity index (χ1v) is 8.53. The normalized spacial score (nSPS) is 11.1. The highest BCUT2D eigenvalue weighted by Crippen LogP contribution is 2.11. The van der Waals surface area contributed by atoms with Gasteiger partial charge >= 0.3 is 0 Å². The third-order valence-electron chi connectivity index (χ3n) is 3.91.